The van der Waals surface area contributed by atoms with E-state index in [1.54, 1.807) is 0 Å². The van der Waals surface area contributed by atoms with Gasteiger partial charge in [0, 0.05) is 24.0 Å². The molecule has 1 N–H and O–H groups in total. The van der Waals surface area contributed by atoms with Gasteiger partial charge < -0.3 is 29.2 Å². The predicted molar refractivity (Wildman–Crippen MR) is 105 cm³/mol. The summed E-state index contributed by atoms with van der Waals surface area (Å²) in [5.41, 5.74) is 17.6. The molecule has 2 aliphatic heterocycles. The van der Waals surface area contributed by atoms with Crippen LogP contribution in [0.25, 0.3) is 20.9 Å². The number of likely N-dealkylation sites (N-methyl/N-ethyl adjacent to an activating group) is 1. The lowest BCUT2D eigenvalue weighted by Gasteiger charge is -2.44. The van der Waals surface area contributed by atoms with Crippen molar-refractivity contribution in [1.29, 1.82) is 0 Å². The highest BCUT2D eigenvalue weighted by atomic mass is 19.4. The molecule has 0 bridgehead atoms. The average molecular weight is 492 g/mol. The maximum Gasteiger partial charge on any atom is 0.471 e. The second-order valence-corrected chi connectivity index (χ2v) is 8.03. The van der Waals surface area contributed by atoms with E-state index >= 15 is 0 Å². The molecular weight excluding hydrogens is 469 g/mol. The molecule has 0 aromatic rings. The largest absolute Gasteiger partial charge is 0.471 e. The van der Waals surface area contributed by atoms with Crippen molar-refractivity contribution >= 4 is 12.0 Å². The van der Waals surface area contributed by atoms with Gasteiger partial charge in [-0.15, -0.1) is 0 Å². The van der Waals surface area contributed by atoms with E-state index in [9.17, 15) is 22.8 Å². The number of ether oxygens (including phenoxy) is 4. The summed E-state index contributed by atoms with van der Waals surface area (Å²) in [6.07, 6.45) is -10.3. The fourth-order valence-electron chi connectivity index (χ4n) is 4.44. The normalized spacial score (nSPS) is 35.4. The monoisotopic (exact) mass is 492 g/mol. The molecule has 2 saturated heterocycles. The molecule has 17 heteroatoms. The van der Waals surface area contributed by atoms with Gasteiger partial charge in [-0.25, -0.2) is 4.79 Å². The quantitative estimate of drug-likeness (QED) is 0.322. The summed E-state index contributed by atoms with van der Waals surface area (Å²) in [6, 6.07) is -2.77. The minimum atomic E-state index is -5.13. The number of hydrogen-bond donors (Lipinski definition) is 1. The van der Waals surface area contributed by atoms with Crippen molar-refractivity contribution in [2.24, 2.45) is 10.2 Å². The maximum absolute atomic E-state index is 12.9. The second-order valence-electron chi connectivity index (χ2n) is 8.03. The SMILES string of the molecule is CO[C@H]1C[C@H](N=[N+]=[N-])[C@@H](O[C@H]2O[C@H](CN=[N+]=[N-])CC[C@H]2NC(=O)C(F)(F)F)[C@@H]2OC(=O)N(C)[C@@H]21. The Morgan fingerprint density at radius 1 is 1.32 bits per heavy atom. The molecule has 0 spiro atoms. The number of fused-ring (bicyclic) bond motifs is 1. The number of amides is 2. The van der Waals surface area contributed by atoms with Gasteiger partial charge in [0.2, 0.25) is 0 Å². The zero-order chi connectivity index (χ0) is 25.0. The van der Waals surface area contributed by atoms with Crippen LogP contribution in [0.2, 0.25) is 0 Å². The van der Waals surface area contributed by atoms with Crippen LogP contribution in [0.3, 0.4) is 0 Å². The highest BCUT2D eigenvalue weighted by Crippen LogP contribution is 2.38. The summed E-state index contributed by atoms with van der Waals surface area (Å²) in [4.78, 5) is 30.5. The van der Waals surface area contributed by atoms with Crippen LogP contribution >= 0.6 is 0 Å². The van der Waals surface area contributed by atoms with Gasteiger partial charge in [-0.3, -0.25) is 4.79 Å². The first-order chi connectivity index (χ1) is 16.1. The Kier molecular flexibility index (Phi) is 7.94. The first-order valence-corrected chi connectivity index (χ1v) is 10.3. The minimum absolute atomic E-state index is 0.0193. The molecule has 2 heterocycles. The lowest BCUT2D eigenvalue weighted by molar-refractivity contribution is -0.251. The standard InChI is InChI=1S/C17H23F3N8O6/c1-28-11-10(31-2)5-9(25-27-22)12(13(11)34-16(28)30)33-14-8(24-15(29)17(18,19)20)4-3-7(32-14)6-23-26-21/h7-14H,3-6H2,1-2H3,(H,24,29)/t7-,8+,9-,10-,11+,12+,13+,14+/m0/s1. The van der Waals surface area contributed by atoms with Gasteiger partial charge in [-0.1, -0.05) is 10.2 Å². The third-order valence-corrected chi connectivity index (χ3v) is 6.04. The Hall–Kier alpha value is -2.97. The molecule has 3 aliphatic rings. The molecule has 3 fully saturated rings. The average Bonchev–Trinajstić information content (AvgIpc) is 3.09. The second kappa shape index (κ2) is 10.5. The van der Waals surface area contributed by atoms with Crippen LogP contribution in [0, 0.1) is 0 Å². The van der Waals surface area contributed by atoms with Crippen LogP contribution in [-0.2, 0) is 23.7 Å². The van der Waals surface area contributed by atoms with Gasteiger partial charge in [0.1, 0.15) is 12.1 Å². The third kappa shape index (κ3) is 5.39. The van der Waals surface area contributed by atoms with Crippen molar-refractivity contribution in [3.8, 4) is 0 Å². The number of azide groups is 2. The molecule has 1 aliphatic carbocycles. The Bertz CT molecular complexity index is 880. The topological polar surface area (TPSA) is 184 Å². The molecule has 14 nitrogen and oxygen atoms in total. The summed E-state index contributed by atoms with van der Waals surface area (Å²) in [6.45, 7) is -0.115. The van der Waals surface area contributed by atoms with Crippen LogP contribution in [0.1, 0.15) is 19.3 Å². The van der Waals surface area contributed by atoms with E-state index in [1.807, 2.05) is 5.32 Å². The molecule has 8 atom stereocenters. The molecule has 2 amide bonds. The van der Waals surface area contributed by atoms with Gasteiger partial charge in [0.15, 0.2) is 12.4 Å². The lowest BCUT2D eigenvalue weighted by atomic mass is 9.83. The van der Waals surface area contributed by atoms with Gasteiger partial charge >= 0.3 is 18.2 Å². The molecule has 0 aromatic heterocycles. The fraction of sp³-hybridized carbons (Fsp3) is 0.882. The van der Waals surface area contributed by atoms with Crippen molar-refractivity contribution in [2.75, 3.05) is 20.7 Å². The number of methoxy groups -OCH3 is 1. The number of nitrogens with zero attached hydrogens (tertiary/aromatic N) is 7. The van der Waals surface area contributed by atoms with Crippen LogP contribution < -0.4 is 5.32 Å². The molecule has 34 heavy (non-hydrogen) atoms. The Morgan fingerprint density at radius 2 is 2.06 bits per heavy atom. The smallest absolute Gasteiger partial charge is 0.441 e. The molecule has 1 saturated carbocycles. The highest BCUT2D eigenvalue weighted by Gasteiger charge is 2.56. The van der Waals surface area contributed by atoms with Crippen LogP contribution in [0.4, 0.5) is 18.0 Å². The van der Waals surface area contributed by atoms with Crippen molar-refractivity contribution in [3.63, 3.8) is 0 Å². The summed E-state index contributed by atoms with van der Waals surface area (Å²) < 4.78 is 61.1. The number of rotatable bonds is 7. The molecule has 0 aromatic carbocycles. The van der Waals surface area contributed by atoms with E-state index in [0.717, 1.165) is 0 Å². The van der Waals surface area contributed by atoms with E-state index in [-0.39, 0.29) is 25.8 Å². The van der Waals surface area contributed by atoms with Crippen molar-refractivity contribution in [1.82, 2.24) is 10.2 Å². The van der Waals surface area contributed by atoms with E-state index in [2.05, 4.69) is 20.1 Å². The summed E-state index contributed by atoms with van der Waals surface area (Å²) in [7, 11) is 2.91. The number of nitrogens with one attached hydrogen (secondary N) is 1. The number of halogens is 3. The molecule has 3 rings (SSSR count). The third-order valence-electron chi connectivity index (χ3n) is 6.04. The zero-order valence-corrected chi connectivity index (χ0v) is 18.2. The van der Waals surface area contributed by atoms with Crippen molar-refractivity contribution < 1.29 is 41.7 Å². The number of alkyl halides is 3. The molecule has 188 valence electrons. The Labute approximate surface area is 190 Å². The first kappa shape index (κ1) is 25.6. The van der Waals surface area contributed by atoms with E-state index in [1.165, 1.54) is 19.1 Å². The van der Waals surface area contributed by atoms with E-state index in [4.69, 9.17) is 30.0 Å². The number of carbonyl (C=O) groups excluding carboxylic acids is 2. The first-order valence-electron chi connectivity index (χ1n) is 10.3. The van der Waals surface area contributed by atoms with Gasteiger partial charge in [0.25, 0.3) is 0 Å². The van der Waals surface area contributed by atoms with Crippen LogP contribution in [0.5, 0.6) is 0 Å². The highest BCUT2D eigenvalue weighted by molar-refractivity contribution is 5.82. The lowest BCUT2D eigenvalue weighted by Crippen LogP contribution is -2.61. The van der Waals surface area contributed by atoms with E-state index in [0.29, 0.717) is 0 Å². The molecule has 0 radical (unpaired) electrons. The number of hydrogen-bond acceptors (Lipinski definition) is 8. The Balaban J connectivity index is 1.88. The summed E-state index contributed by atoms with van der Waals surface area (Å²) in [5.74, 6) is -2.18. The number of carbonyl (C=O) groups is 2. The molecular formula is C17H23F3N8O6. The summed E-state index contributed by atoms with van der Waals surface area (Å²) >= 11 is 0. The minimum Gasteiger partial charge on any atom is -0.441 e. The zero-order valence-electron chi connectivity index (χ0n) is 18.2. The molecule has 0 unspecified atom stereocenters. The van der Waals surface area contributed by atoms with Crippen molar-refractivity contribution in [2.45, 2.75) is 74.3 Å². The van der Waals surface area contributed by atoms with Gasteiger partial charge in [-0.05, 0) is 30.3 Å². The van der Waals surface area contributed by atoms with Gasteiger partial charge in [0.05, 0.1) is 30.8 Å². The van der Waals surface area contributed by atoms with Crippen LogP contribution in [-0.4, -0.2) is 92.6 Å². The predicted octanol–water partition coefficient (Wildman–Crippen LogP) is 2.15. The maximum atomic E-state index is 12.9. The van der Waals surface area contributed by atoms with Crippen molar-refractivity contribution in [3.05, 3.63) is 20.9 Å². The van der Waals surface area contributed by atoms with Gasteiger partial charge in [-0.2, -0.15) is 13.2 Å². The van der Waals surface area contributed by atoms with Crippen LogP contribution in [0.15, 0.2) is 10.2 Å². The Morgan fingerprint density at radius 3 is 2.68 bits per heavy atom. The van der Waals surface area contributed by atoms with E-state index < -0.39 is 67.0 Å². The summed E-state index contributed by atoms with van der Waals surface area (Å²) in [5, 5.41) is 8.98. The fourth-order valence-corrected chi connectivity index (χ4v) is 4.44.